The molecule has 17 heavy (non-hydrogen) atoms. The third-order valence-corrected chi connectivity index (χ3v) is 5.21. The maximum Gasteiger partial charge on any atom is 0.325 e. The van der Waals surface area contributed by atoms with Crippen molar-refractivity contribution in [3.05, 3.63) is 24.3 Å². The fraction of sp³-hybridized carbons (Fsp3) is 0.333. The van der Waals surface area contributed by atoms with Crippen LogP contribution in [0, 0.1) is 0 Å². The SMILES string of the molecule is Nc1ccccc1P(=O)(O)CCCP(=O)(O)O. The molecule has 0 aliphatic heterocycles. The number of nitrogen functional groups attached to an aromatic ring is 1. The summed E-state index contributed by atoms with van der Waals surface area (Å²) in [7, 11) is -7.76. The molecule has 0 bridgehead atoms. The molecule has 0 fully saturated rings. The molecule has 6 nitrogen and oxygen atoms in total. The van der Waals surface area contributed by atoms with Crippen LogP contribution in [0.3, 0.4) is 0 Å². The van der Waals surface area contributed by atoms with E-state index in [-0.39, 0.29) is 23.6 Å². The second kappa shape index (κ2) is 5.34. The van der Waals surface area contributed by atoms with Crippen LogP contribution in [0.4, 0.5) is 5.69 Å². The zero-order valence-corrected chi connectivity index (χ0v) is 10.8. The van der Waals surface area contributed by atoms with Gasteiger partial charge in [-0.25, -0.2) is 0 Å². The van der Waals surface area contributed by atoms with E-state index in [4.69, 9.17) is 15.5 Å². The first-order valence-corrected chi connectivity index (χ1v) is 8.58. The molecule has 5 N–H and O–H groups in total. The Morgan fingerprint density at radius 3 is 2.18 bits per heavy atom. The summed E-state index contributed by atoms with van der Waals surface area (Å²) in [5.41, 5.74) is 5.80. The van der Waals surface area contributed by atoms with Gasteiger partial charge in [-0.3, -0.25) is 9.13 Å². The van der Waals surface area contributed by atoms with Crippen LogP contribution in [0.5, 0.6) is 0 Å². The molecular weight excluding hydrogens is 264 g/mol. The lowest BCUT2D eigenvalue weighted by Crippen LogP contribution is -2.12. The molecule has 0 amide bonds. The summed E-state index contributed by atoms with van der Waals surface area (Å²) < 4.78 is 22.6. The Labute approximate surface area is 99.1 Å². The van der Waals surface area contributed by atoms with E-state index in [1.165, 1.54) is 12.1 Å². The van der Waals surface area contributed by atoms with Gasteiger partial charge in [-0.1, -0.05) is 12.1 Å². The molecule has 0 saturated carbocycles. The van der Waals surface area contributed by atoms with Gasteiger partial charge in [-0.05, 0) is 18.6 Å². The number of hydrogen-bond donors (Lipinski definition) is 4. The Morgan fingerprint density at radius 1 is 1.06 bits per heavy atom. The molecule has 0 radical (unpaired) electrons. The average molecular weight is 279 g/mol. The maximum absolute atomic E-state index is 11.9. The lowest BCUT2D eigenvalue weighted by atomic mass is 10.3. The second-order valence-electron chi connectivity index (χ2n) is 3.73. The minimum atomic E-state index is -4.12. The van der Waals surface area contributed by atoms with Crippen LogP contribution in [0.2, 0.25) is 0 Å². The third kappa shape index (κ3) is 4.62. The van der Waals surface area contributed by atoms with Gasteiger partial charge in [-0.15, -0.1) is 0 Å². The van der Waals surface area contributed by atoms with Gasteiger partial charge in [-0.2, -0.15) is 0 Å². The third-order valence-electron chi connectivity index (χ3n) is 2.22. The summed E-state index contributed by atoms with van der Waals surface area (Å²) in [5, 5.41) is 0.144. The molecule has 96 valence electrons. The van der Waals surface area contributed by atoms with Crippen molar-refractivity contribution in [2.75, 3.05) is 18.1 Å². The molecule has 1 aromatic rings. The Bertz CT molecular complexity index is 484. The van der Waals surface area contributed by atoms with Crippen molar-refractivity contribution >= 4 is 26.0 Å². The van der Waals surface area contributed by atoms with Crippen molar-refractivity contribution in [1.82, 2.24) is 0 Å². The van der Waals surface area contributed by atoms with E-state index < -0.39 is 21.1 Å². The predicted molar refractivity (Wildman–Crippen MR) is 66.7 cm³/mol. The smallest absolute Gasteiger partial charge is 0.325 e. The molecule has 8 heteroatoms. The molecule has 0 aliphatic rings. The van der Waals surface area contributed by atoms with E-state index in [0.717, 1.165) is 0 Å². The van der Waals surface area contributed by atoms with Crippen molar-refractivity contribution in [3.8, 4) is 0 Å². The van der Waals surface area contributed by atoms with Crippen LogP contribution in [0.1, 0.15) is 6.42 Å². The Hall–Kier alpha value is -0.640. The monoisotopic (exact) mass is 279 g/mol. The molecule has 1 unspecified atom stereocenters. The molecule has 0 saturated heterocycles. The number of benzene rings is 1. The highest BCUT2D eigenvalue weighted by Crippen LogP contribution is 2.44. The Kier molecular flexibility index (Phi) is 4.53. The first-order valence-electron chi connectivity index (χ1n) is 4.94. The van der Waals surface area contributed by atoms with Gasteiger partial charge < -0.3 is 20.4 Å². The zero-order valence-electron chi connectivity index (χ0n) is 9.06. The molecule has 1 atom stereocenters. The van der Waals surface area contributed by atoms with Gasteiger partial charge in [0.15, 0.2) is 0 Å². The highest BCUT2D eigenvalue weighted by Gasteiger charge is 2.24. The number of anilines is 1. The van der Waals surface area contributed by atoms with E-state index in [0.29, 0.717) is 0 Å². The van der Waals surface area contributed by atoms with Crippen molar-refractivity contribution in [1.29, 1.82) is 0 Å². The van der Waals surface area contributed by atoms with Crippen molar-refractivity contribution in [2.24, 2.45) is 0 Å². The van der Waals surface area contributed by atoms with E-state index >= 15 is 0 Å². The van der Waals surface area contributed by atoms with Gasteiger partial charge in [0, 0.05) is 11.8 Å². The average Bonchev–Trinajstić information content (AvgIpc) is 2.15. The molecule has 0 aromatic heterocycles. The highest BCUT2D eigenvalue weighted by atomic mass is 31.2. The summed E-state index contributed by atoms with van der Waals surface area (Å²) >= 11 is 0. The highest BCUT2D eigenvalue weighted by molar-refractivity contribution is 7.66. The standard InChI is InChI=1S/C9H15NO5P2/c10-8-4-1-2-5-9(8)16(11,12)6-3-7-17(13,14)15/h1-2,4-5H,3,6-7,10H2,(H,11,12)(H2,13,14,15). The lowest BCUT2D eigenvalue weighted by molar-refractivity contribution is 0.372. The lowest BCUT2D eigenvalue weighted by Gasteiger charge is -2.13. The number of hydrogen-bond acceptors (Lipinski definition) is 3. The number of nitrogens with two attached hydrogens (primary N) is 1. The van der Waals surface area contributed by atoms with Gasteiger partial charge in [0.1, 0.15) is 0 Å². The van der Waals surface area contributed by atoms with E-state index in [1.54, 1.807) is 12.1 Å². The molecule has 0 heterocycles. The fourth-order valence-electron chi connectivity index (χ4n) is 1.42. The molecule has 0 aliphatic carbocycles. The summed E-state index contributed by atoms with van der Waals surface area (Å²) in [5.74, 6) is 0. The first-order chi connectivity index (χ1) is 7.72. The van der Waals surface area contributed by atoms with Crippen molar-refractivity contribution in [2.45, 2.75) is 6.42 Å². The van der Waals surface area contributed by atoms with Crippen molar-refractivity contribution in [3.63, 3.8) is 0 Å². The van der Waals surface area contributed by atoms with Crippen molar-refractivity contribution < 1.29 is 23.8 Å². The zero-order chi connectivity index (χ0) is 13.1. The predicted octanol–water partition coefficient (Wildman–Crippen LogP) is 0.732. The largest absolute Gasteiger partial charge is 0.398 e. The van der Waals surface area contributed by atoms with E-state index in [9.17, 15) is 14.0 Å². The molecular formula is C9H15NO5P2. The van der Waals surface area contributed by atoms with Gasteiger partial charge in [0.05, 0.1) is 11.5 Å². The summed E-state index contributed by atoms with van der Waals surface area (Å²) in [6, 6.07) is 6.21. The molecule has 1 rings (SSSR count). The van der Waals surface area contributed by atoms with E-state index in [1.807, 2.05) is 0 Å². The topological polar surface area (TPSA) is 121 Å². The fourth-order valence-corrected chi connectivity index (χ4v) is 3.86. The van der Waals surface area contributed by atoms with E-state index in [2.05, 4.69) is 0 Å². The quantitative estimate of drug-likeness (QED) is 0.466. The summed E-state index contributed by atoms with van der Waals surface area (Å²) in [4.78, 5) is 27.1. The number of para-hydroxylation sites is 1. The van der Waals surface area contributed by atoms with Crippen LogP contribution in [-0.2, 0) is 9.13 Å². The van der Waals surface area contributed by atoms with Gasteiger partial charge in [0.2, 0.25) is 7.37 Å². The van der Waals surface area contributed by atoms with Crippen LogP contribution in [0.15, 0.2) is 24.3 Å². The van der Waals surface area contributed by atoms with Crippen LogP contribution in [0.25, 0.3) is 0 Å². The minimum Gasteiger partial charge on any atom is -0.398 e. The molecule has 0 spiro atoms. The summed E-state index contributed by atoms with van der Waals surface area (Å²) in [6.45, 7) is 0. The van der Waals surface area contributed by atoms with Crippen LogP contribution < -0.4 is 11.0 Å². The first kappa shape index (κ1) is 14.4. The Balaban J connectivity index is 2.73. The maximum atomic E-state index is 11.9. The van der Waals surface area contributed by atoms with Crippen LogP contribution >= 0.6 is 15.0 Å². The van der Waals surface area contributed by atoms with Gasteiger partial charge in [0.25, 0.3) is 0 Å². The van der Waals surface area contributed by atoms with Crippen LogP contribution in [-0.4, -0.2) is 27.0 Å². The Morgan fingerprint density at radius 2 is 1.65 bits per heavy atom. The normalized spacial score (nSPS) is 15.5. The van der Waals surface area contributed by atoms with Gasteiger partial charge >= 0.3 is 7.60 Å². The minimum absolute atomic E-state index is 0.0214. The molecule has 1 aromatic carbocycles. The second-order valence-corrected chi connectivity index (χ2v) is 7.83. The number of rotatable bonds is 5. The summed E-state index contributed by atoms with van der Waals surface area (Å²) in [6.07, 6.45) is -0.608.